The van der Waals surface area contributed by atoms with E-state index in [9.17, 15) is 19.6 Å². The molecule has 1 aliphatic heterocycles. The lowest BCUT2D eigenvalue weighted by atomic mass is 9.34. The van der Waals surface area contributed by atoms with Crippen LogP contribution >= 0.6 is 0 Å². The predicted molar refractivity (Wildman–Crippen MR) is 147 cm³/mol. The van der Waals surface area contributed by atoms with Crippen molar-refractivity contribution >= 4 is 17.5 Å². The SMILES string of the molecule is C[C@@H]1C(=O)C(C#N)=C[C@]2(C)C3=CC(=O)C4C5CC(C)(C)CC[C@]5(C(=O)NC5COC5)CC[C@@]4(C)[C@]3(C)CC[C@@H]12. The number of carbonyl (C=O) groups is 3. The zero-order chi connectivity index (χ0) is 28.2. The zero-order valence-electron chi connectivity index (χ0n) is 24.5. The van der Waals surface area contributed by atoms with Crippen molar-refractivity contribution in [2.24, 2.45) is 50.7 Å². The van der Waals surface area contributed by atoms with Crippen LogP contribution in [-0.4, -0.2) is 36.7 Å². The summed E-state index contributed by atoms with van der Waals surface area (Å²) in [7, 11) is 0. The van der Waals surface area contributed by atoms with E-state index in [1.165, 1.54) is 0 Å². The Labute approximate surface area is 233 Å². The van der Waals surface area contributed by atoms with Gasteiger partial charge in [0, 0.05) is 17.3 Å². The van der Waals surface area contributed by atoms with Gasteiger partial charge in [0.05, 0.1) is 30.2 Å². The lowest BCUT2D eigenvalue weighted by molar-refractivity contribution is -0.179. The average Bonchev–Trinajstić information content (AvgIpc) is 2.84. The minimum absolute atomic E-state index is 0.00859. The van der Waals surface area contributed by atoms with E-state index in [0.29, 0.717) is 13.2 Å². The molecule has 1 N–H and O–H groups in total. The summed E-state index contributed by atoms with van der Waals surface area (Å²) in [5.41, 5.74) is -0.149. The van der Waals surface area contributed by atoms with Crippen molar-refractivity contribution in [1.82, 2.24) is 5.32 Å². The topological polar surface area (TPSA) is 96.3 Å². The largest absolute Gasteiger partial charge is 0.377 e. The molecule has 6 nitrogen and oxygen atoms in total. The Morgan fingerprint density at radius 2 is 1.72 bits per heavy atom. The highest BCUT2D eigenvalue weighted by atomic mass is 16.5. The first-order valence-corrected chi connectivity index (χ1v) is 15.0. The number of Topliss-reactive ketones (excluding diaryl/α,β-unsaturated/α-hetero) is 1. The van der Waals surface area contributed by atoms with Crippen LogP contribution in [0.3, 0.4) is 0 Å². The molecule has 5 aliphatic carbocycles. The maximum absolute atomic E-state index is 14.5. The lowest BCUT2D eigenvalue weighted by Gasteiger charge is -2.68. The highest BCUT2D eigenvalue weighted by Gasteiger charge is 2.70. The van der Waals surface area contributed by atoms with Crippen LogP contribution in [0, 0.1) is 62.1 Å². The van der Waals surface area contributed by atoms with Gasteiger partial charge in [-0.3, -0.25) is 14.4 Å². The third-order valence-electron chi connectivity index (χ3n) is 12.9. The van der Waals surface area contributed by atoms with Crippen LogP contribution in [0.1, 0.15) is 86.5 Å². The minimum Gasteiger partial charge on any atom is -0.377 e. The van der Waals surface area contributed by atoms with Crippen molar-refractivity contribution in [1.29, 1.82) is 5.26 Å². The molecule has 0 radical (unpaired) electrons. The number of hydrogen-bond acceptors (Lipinski definition) is 5. The molecule has 0 aromatic carbocycles. The average molecular weight is 533 g/mol. The van der Waals surface area contributed by atoms with Crippen LogP contribution in [0.25, 0.3) is 0 Å². The standard InChI is InChI=1S/C33H44N2O4/c1-19-22-7-8-31(5)25(30(22,4)14-20(16-34)27(19)37)13-24(36)26-23-15-29(2,3)9-11-33(23,12-10-32(26,31)6)28(38)35-21-17-39-18-21/h13-14,19,21-23,26H,7-12,15,17-18H2,1-6H3,(H,35,38)/t19-,22-,23?,26?,30-,31+,32+,33-/m0/s1. The van der Waals surface area contributed by atoms with E-state index in [2.05, 4.69) is 46.0 Å². The molecule has 0 bridgehead atoms. The van der Waals surface area contributed by atoms with Crippen molar-refractivity contribution in [2.45, 2.75) is 92.5 Å². The van der Waals surface area contributed by atoms with E-state index in [0.717, 1.165) is 50.5 Å². The Kier molecular flexibility index (Phi) is 5.79. The van der Waals surface area contributed by atoms with Gasteiger partial charge < -0.3 is 10.1 Å². The molecule has 2 unspecified atom stereocenters. The van der Waals surface area contributed by atoms with Gasteiger partial charge in [0.25, 0.3) is 0 Å². The van der Waals surface area contributed by atoms with Crippen molar-refractivity contribution in [3.8, 4) is 6.07 Å². The molecule has 6 aliphatic rings. The summed E-state index contributed by atoms with van der Waals surface area (Å²) in [5.74, 6) is -0.168. The van der Waals surface area contributed by atoms with Gasteiger partial charge in [0.15, 0.2) is 11.6 Å². The Bertz CT molecular complexity index is 1250. The number of nitrogens with one attached hydrogen (secondary N) is 1. The molecule has 0 aromatic rings. The van der Waals surface area contributed by atoms with E-state index in [1.54, 1.807) is 0 Å². The van der Waals surface area contributed by atoms with Crippen LogP contribution in [0.2, 0.25) is 0 Å². The number of ether oxygens (including phenoxy) is 1. The van der Waals surface area contributed by atoms with Gasteiger partial charge in [0.2, 0.25) is 5.91 Å². The highest BCUT2D eigenvalue weighted by molar-refractivity contribution is 6.02. The lowest BCUT2D eigenvalue weighted by Crippen LogP contribution is -2.67. The van der Waals surface area contributed by atoms with Gasteiger partial charge in [-0.2, -0.15) is 5.26 Å². The second-order valence-electron chi connectivity index (χ2n) is 15.3. The van der Waals surface area contributed by atoms with E-state index >= 15 is 0 Å². The maximum Gasteiger partial charge on any atom is 0.226 e. The zero-order valence-corrected chi connectivity index (χ0v) is 24.5. The van der Waals surface area contributed by atoms with Gasteiger partial charge >= 0.3 is 0 Å². The first-order valence-electron chi connectivity index (χ1n) is 15.0. The van der Waals surface area contributed by atoms with Gasteiger partial charge in [-0.15, -0.1) is 0 Å². The third kappa shape index (κ3) is 3.44. The van der Waals surface area contributed by atoms with E-state index < -0.39 is 10.8 Å². The first-order chi connectivity index (χ1) is 18.2. The number of fused-ring (bicyclic) bond motifs is 7. The monoisotopic (exact) mass is 532 g/mol. The maximum atomic E-state index is 14.5. The van der Waals surface area contributed by atoms with E-state index in [4.69, 9.17) is 4.74 Å². The van der Waals surface area contributed by atoms with Gasteiger partial charge in [-0.05, 0) is 79.1 Å². The minimum atomic E-state index is -0.520. The highest BCUT2D eigenvalue weighted by Crippen LogP contribution is 2.73. The Balaban J connectivity index is 1.47. The summed E-state index contributed by atoms with van der Waals surface area (Å²) in [6.07, 6.45) is 9.93. The molecule has 0 spiro atoms. The second-order valence-corrected chi connectivity index (χ2v) is 15.3. The van der Waals surface area contributed by atoms with E-state index in [-0.39, 0.29) is 69.0 Å². The quantitative estimate of drug-likeness (QED) is 0.519. The fraction of sp³-hybridized carbons (Fsp3) is 0.758. The number of allylic oxidation sites excluding steroid dienone is 4. The predicted octanol–water partition coefficient (Wildman–Crippen LogP) is 5.33. The molecule has 6 rings (SSSR count). The van der Waals surface area contributed by atoms with E-state index in [1.807, 2.05) is 19.1 Å². The number of nitriles is 1. The number of ketones is 2. The normalized spacial score (nSPS) is 46.7. The van der Waals surface area contributed by atoms with Crippen LogP contribution in [-0.2, 0) is 19.1 Å². The molecule has 1 amide bonds. The number of nitrogens with zero attached hydrogens (tertiary/aromatic N) is 1. The molecule has 3 saturated carbocycles. The molecular weight excluding hydrogens is 488 g/mol. The number of carbonyl (C=O) groups excluding carboxylic acids is 3. The molecule has 0 aromatic heterocycles. The Morgan fingerprint density at radius 1 is 1.03 bits per heavy atom. The second kappa shape index (κ2) is 8.38. The van der Waals surface area contributed by atoms with Crippen molar-refractivity contribution in [3.05, 3.63) is 23.3 Å². The van der Waals surface area contributed by atoms with Crippen LogP contribution < -0.4 is 5.32 Å². The molecular formula is C33H44N2O4. The number of hydrogen-bond donors (Lipinski definition) is 1. The summed E-state index contributed by atoms with van der Waals surface area (Å²) < 4.78 is 5.34. The Hall–Kier alpha value is -2.26. The molecule has 1 saturated heterocycles. The molecule has 4 fully saturated rings. The molecule has 210 valence electrons. The molecule has 6 heteroatoms. The smallest absolute Gasteiger partial charge is 0.226 e. The number of amides is 1. The van der Waals surface area contributed by atoms with Crippen LogP contribution in [0.5, 0.6) is 0 Å². The van der Waals surface area contributed by atoms with Crippen LogP contribution in [0.4, 0.5) is 0 Å². The van der Waals surface area contributed by atoms with Crippen molar-refractivity contribution < 1.29 is 19.1 Å². The van der Waals surface area contributed by atoms with Gasteiger partial charge in [0.1, 0.15) is 6.07 Å². The summed E-state index contributed by atoms with van der Waals surface area (Å²) in [5, 5.41) is 13.1. The first kappa shape index (κ1) is 26.9. The summed E-state index contributed by atoms with van der Waals surface area (Å²) in [4.78, 5) is 41.5. The van der Waals surface area contributed by atoms with Gasteiger partial charge in [-0.1, -0.05) is 53.2 Å². The number of rotatable bonds is 2. The summed E-state index contributed by atoms with van der Waals surface area (Å²) >= 11 is 0. The fourth-order valence-electron chi connectivity index (χ4n) is 10.3. The Morgan fingerprint density at radius 3 is 2.36 bits per heavy atom. The summed E-state index contributed by atoms with van der Waals surface area (Å²) in [6.45, 7) is 14.5. The molecule has 8 atom stereocenters. The third-order valence-corrected chi connectivity index (χ3v) is 12.9. The summed E-state index contributed by atoms with van der Waals surface area (Å²) in [6, 6.07) is 2.24. The van der Waals surface area contributed by atoms with Gasteiger partial charge in [-0.25, -0.2) is 0 Å². The van der Waals surface area contributed by atoms with Crippen molar-refractivity contribution in [2.75, 3.05) is 13.2 Å². The van der Waals surface area contributed by atoms with Crippen LogP contribution in [0.15, 0.2) is 23.3 Å². The fourth-order valence-corrected chi connectivity index (χ4v) is 10.3. The molecule has 39 heavy (non-hydrogen) atoms. The van der Waals surface area contributed by atoms with Crippen molar-refractivity contribution in [3.63, 3.8) is 0 Å². The molecule has 1 heterocycles.